The molecule has 25 heavy (non-hydrogen) atoms. The van der Waals surface area contributed by atoms with Crippen molar-refractivity contribution in [3.05, 3.63) is 71.3 Å². The van der Waals surface area contributed by atoms with Gasteiger partial charge in [-0.05, 0) is 37.5 Å². The lowest BCUT2D eigenvalue weighted by atomic mass is 9.72. The van der Waals surface area contributed by atoms with Crippen LogP contribution >= 0.6 is 0 Å². The highest BCUT2D eigenvalue weighted by atomic mass is 16.5. The molecule has 130 valence electrons. The highest BCUT2D eigenvalue weighted by Gasteiger charge is 2.44. The van der Waals surface area contributed by atoms with Crippen molar-refractivity contribution in [3.8, 4) is 0 Å². The molecule has 1 amide bonds. The van der Waals surface area contributed by atoms with Gasteiger partial charge in [-0.3, -0.25) is 9.59 Å². The molecule has 1 fully saturated rings. The van der Waals surface area contributed by atoms with Crippen LogP contribution in [0.3, 0.4) is 0 Å². The normalized spacial score (nSPS) is 16.3. The van der Waals surface area contributed by atoms with Gasteiger partial charge in [0.15, 0.2) is 0 Å². The number of carbonyl (C=O) groups is 2. The van der Waals surface area contributed by atoms with Crippen molar-refractivity contribution >= 4 is 11.9 Å². The second-order valence-corrected chi connectivity index (χ2v) is 6.60. The Balaban J connectivity index is 1.79. The summed E-state index contributed by atoms with van der Waals surface area (Å²) < 4.78 is 5.10. The Morgan fingerprint density at radius 1 is 0.960 bits per heavy atom. The van der Waals surface area contributed by atoms with Crippen molar-refractivity contribution in [1.82, 2.24) is 4.90 Å². The van der Waals surface area contributed by atoms with Gasteiger partial charge >= 0.3 is 5.97 Å². The molecular weight excluding hydrogens is 314 g/mol. The van der Waals surface area contributed by atoms with Crippen LogP contribution in [0.25, 0.3) is 0 Å². The molecule has 3 rings (SSSR count). The predicted octanol–water partition coefficient (Wildman–Crippen LogP) is 3.34. The maximum Gasteiger partial charge on any atom is 0.316 e. The van der Waals surface area contributed by atoms with E-state index in [4.69, 9.17) is 4.74 Å². The zero-order valence-corrected chi connectivity index (χ0v) is 14.7. The van der Waals surface area contributed by atoms with Gasteiger partial charge in [0.25, 0.3) is 5.91 Å². The number of piperidine rings is 1. The van der Waals surface area contributed by atoms with E-state index in [1.54, 1.807) is 0 Å². The third-order valence-electron chi connectivity index (χ3n) is 5.11. The van der Waals surface area contributed by atoms with Crippen LogP contribution in [0, 0.1) is 6.92 Å². The number of carbonyl (C=O) groups excluding carboxylic acids is 2. The fourth-order valence-corrected chi connectivity index (χ4v) is 3.53. The van der Waals surface area contributed by atoms with Crippen LogP contribution in [0.15, 0.2) is 54.6 Å². The Kier molecular flexibility index (Phi) is 4.88. The van der Waals surface area contributed by atoms with Crippen LogP contribution in [0.1, 0.15) is 34.3 Å². The van der Waals surface area contributed by atoms with E-state index in [1.807, 2.05) is 66.4 Å². The van der Waals surface area contributed by atoms with Crippen LogP contribution in [0.5, 0.6) is 0 Å². The molecule has 0 saturated carbocycles. The zero-order chi connectivity index (χ0) is 17.9. The van der Waals surface area contributed by atoms with Crippen molar-refractivity contribution in [1.29, 1.82) is 0 Å². The van der Waals surface area contributed by atoms with E-state index in [0.717, 1.165) is 11.1 Å². The molecule has 0 unspecified atom stereocenters. The Hall–Kier alpha value is -2.62. The van der Waals surface area contributed by atoms with Crippen molar-refractivity contribution < 1.29 is 14.3 Å². The molecule has 2 aromatic carbocycles. The minimum absolute atomic E-state index is 0.0199. The number of nitrogens with zero attached hydrogens (tertiary/aromatic N) is 1. The number of aryl methyl sites for hydroxylation is 1. The third kappa shape index (κ3) is 3.29. The number of amides is 1. The summed E-state index contributed by atoms with van der Waals surface area (Å²) in [5.74, 6) is -0.201. The number of ether oxygens (including phenoxy) is 1. The zero-order valence-electron chi connectivity index (χ0n) is 14.7. The minimum atomic E-state index is -0.667. The first-order valence-corrected chi connectivity index (χ1v) is 8.57. The molecule has 1 heterocycles. The molecule has 0 radical (unpaired) electrons. The predicted molar refractivity (Wildman–Crippen MR) is 96.5 cm³/mol. The molecule has 1 saturated heterocycles. The topological polar surface area (TPSA) is 46.6 Å². The summed E-state index contributed by atoms with van der Waals surface area (Å²) in [5.41, 5.74) is 2.12. The molecule has 0 N–H and O–H groups in total. The lowest BCUT2D eigenvalue weighted by Gasteiger charge is -2.40. The number of hydrogen-bond donors (Lipinski definition) is 0. The largest absolute Gasteiger partial charge is 0.468 e. The summed E-state index contributed by atoms with van der Waals surface area (Å²) in [6.07, 6.45) is 1.14. The van der Waals surface area contributed by atoms with Gasteiger partial charge in [-0.25, -0.2) is 0 Å². The summed E-state index contributed by atoms with van der Waals surface area (Å²) in [6, 6.07) is 17.3. The van der Waals surface area contributed by atoms with Crippen molar-refractivity contribution in [2.75, 3.05) is 20.2 Å². The van der Waals surface area contributed by atoms with Gasteiger partial charge in [-0.2, -0.15) is 0 Å². The Morgan fingerprint density at radius 2 is 1.56 bits per heavy atom. The lowest BCUT2D eigenvalue weighted by Crippen LogP contribution is -2.49. The average molecular weight is 337 g/mol. The maximum absolute atomic E-state index is 12.7. The number of rotatable bonds is 3. The van der Waals surface area contributed by atoms with Crippen LogP contribution in [0.4, 0.5) is 0 Å². The summed E-state index contributed by atoms with van der Waals surface area (Å²) in [4.78, 5) is 27.1. The van der Waals surface area contributed by atoms with E-state index in [1.165, 1.54) is 7.11 Å². The van der Waals surface area contributed by atoms with Gasteiger partial charge < -0.3 is 9.64 Å². The van der Waals surface area contributed by atoms with Crippen LogP contribution < -0.4 is 0 Å². The standard InChI is InChI=1S/C21H23NO3/c1-16-8-10-17(11-9-16)19(23)22-14-12-21(13-15-22,20(24)25-2)18-6-4-3-5-7-18/h3-11H,12-15H2,1-2H3. The molecule has 0 aliphatic carbocycles. The van der Waals surface area contributed by atoms with Gasteiger partial charge in [0.05, 0.1) is 12.5 Å². The molecule has 0 aromatic heterocycles. The number of hydrogen-bond acceptors (Lipinski definition) is 3. The lowest BCUT2D eigenvalue weighted by molar-refractivity contribution is -0.149. The van der Waals surface area contributed by atoms with Gasteiger partial charge in [-0.1, -0.05) is 48.0 Å². The Bertz CT molecular complexity index is 744. The molecular formula is C21H23NO3. The van der Waals surface area contributed by atoms with E-state index >= 15 is 0 Å². The number of likely N-dealkylation sites (tertiary alicyclic amines) is 1. The number of methoxy groups -OCH3 is 1. The summed E-state index contributed by atoms with van der Waals surface area (Å²) in [7, 11) is 1.43. The maximum atomic E-state index is 12.7. The summed E-state index contributed by atoms with van der Waals surface area (Å²) in [6.45, 7) is 3.08. The average Bonchev–Trinajstić information content (AvgIpc) is 2.68. The highest BCUT2D eigenvalue weighted by Crippen LogP contribution is 2.37. The summed E-state index contributed by atoms with van der Waals surface area (Å²) >= 11 is 0. The van der Waals surface area contributed by atoms with Gasteiger partial charge in [0.1, 0.15) is 0 Å². The first kappa shape index (κ1) is 17.2. The Morgan fingerprint density at radius 3 is 2.12 bits per heavy atom. The van der Waals surface area contributed by atoms with E-state index in [2.05, 4.69) is 0 Å². The number of esters is 1. The van der Waals surface area contributed by atoms with E-state index in [9.17, 15) is 9.59 Å². The monoisotopic (exact) mass is 337 g/mol. The van der Waals surface area contributed by atoms with Crippen LogP contribution in [-0.4, -0.2) is 37.0 Å². The molecule has 0 atom stereocenters. The molecule has 4 heteroatoms. The first-order chi connectivity index (χ1) is 12.1. The second kappa shape index (κ2) is 7.09. The first-order valence-electron chi connectivity index (χ1n) is 8.57. The summed E-state index contributed by atoms with van der Waals surface area (Å²) in [5, 5.41) is 0. The molecule has 0 bridgehead atoms. The van der Waals surface area contributed by atoms with E-state index in [-0.39, 0.29) is 11.9 Å². The SMILES string of the molecule is COC(=O)C1(c2ccccc2)CCN(C(=O)c2ccc(C)cc2)CC1. The van der Waals surface area contributed by atoms with Crippen molar-refractivity contribution in [2.45, 2.75) is 25.2 Å². The molecule has 0 spiro atoms. The molecule has 1 aliphatic rings. The van der Waals surface area contributed by atoms with Gasteiger partial charge in [0, 0.05) is 18.7 Å². The van der Waals surface area contributed by atoms with E-state index < -0.39 is 5.41 Å². The number of benzene rings is 2. The Labute approximate surface area is 148 Å². The minimum Gasteiger partial charge on any atom is -0.468 e. The fraction of sp³-hybridized carbons (Fsp3) is 0.333. The van der Waals surface area contributed by atoms with Gasteiger partial charge in [-0.15, -0.1) is 0 Å². The van der Waals surface area contributed by atoms with E-state index in [0.29, 0.717) is 31.5 Å². The smallest absolute Gasteiger partial charge is 0.316 e. The molecule has 4 nitrogen and oxygen atoms in total. The quantitative estimate of drug-likeness (QED) is 0.807. The third-order valence-corrected chi connectivity index (χ3v) is 5.11. The fourth-order valence-electron chi connectivity index (χ4n) is 3.53. The van der Waals surface area contributed by atoms with Gasteiger partial charge in [0.2, 0.25) is 0 Å². The van der Waals surface area contributed by atoms with Crippen molar-refractivity contribution in [2.24, 2.45) is 0 Å². The molecule has 2 aromatic rings. The second-order valence-electron chi connectivity index (χ2n) is 6.60. The molecule has 1 aliphatic heterocycles. The van der Waals surface area contributed by atoms with Crippen LogP contribution in [0.2, 0.25) is 0 Å². The highest BCUT2D eigenvalue weighted by molar-refractivity contribution is 5.94. The van der Waals surface area contributed by atoms with Crippen molar-refractivity contribution in [3.63, 3.8) is 0 Å². The van der Waals surface area contributed by atoms with Crippen LogP contribution in [-0.2, 0) is 14.9 Å².